The van der Waals surface area contributed by atoms with Gasteiger partial charge in [-0.15, -0.1) is 0 Å². The van der Waals surface area contributed by atoms with Crippen LogP contribution in [0.15, 0.2) is 0 Å². The summed E-state index contributed by atoms with van der Waals surface area (Å²) in [5.74, 6) is 3.03. The molecule has 2 bridgehead atoms. The molecule has 2 aliphatic carbocycles. The van der Waals surface area contributed by atoms with E-state index in [4.69, 9.17) is 4.74 Å². The maximum Gasteiger partial charge on any atom is 0.0493 e. The van der Waals surface area contributed by atoms with E-state index in [1.165, 1.54) is 25.7 Å². The Morgan fingerprint density at radius 2 is 2.20 bits per heavy atom. The summed E-state index contributed by atoms with van der Waals surface area (Å²) in [6.07, 6.45) is 5.95. The van der Waals surface area contributed by atoms with Crippen LogP contribution in [-0.2, 0) is 4.74 Å². The number of methoxy groups -OCH3 is 1. The summed E-state index contributed by atoms with van der Waals surface area (Å²) >= 11 is 0. The Morgan fingerprint density at radius 3 is 2.70 bits per heavy atom. The zero-order chi connectivity index (χ0) is 6.97. The highest BCUT2D eigenvalue weighted by Crippen LogP contribution is 2.48. The third-order valence-corrected chi connectivity index (χ3v) is 3.27. The molecular formula is C9H16O. The first-order valence-corrected chi connectivity index (χ1v) is 4.39. The lowest BCUT2D eigenvalue weighted by Gasteiger charge is -2.19. The quantitative estimate of drug-likeness (QED) is 0.570. The number of fused-ring (bicyclic) bond motifs is 2. The zero-order valence-corrected chi connectivity index (χ0v) is 6.68. The largest absolute Gasteiger partial charge is 0.384 e. The normalized spacial score (nSPS) is 44.7. The lowest BCUT2D eigenvalue weighted by Crippen LogP contribution is -2.15. The molecule has 2 fully saturated rings. The highest BCUT2D eigenvalue weighted by Gasteiger charge is 2.38. The summed E-state index contributed by atoms with van der Waals surface area (Å²) in [5.41, 5.74) is 0. The minimum atomic E-state index is 0.920. The van der Waals surface area contributed by atoms with Crippen molar-refractivity contribution in [2.45, 2.75) is 25.7 Å². The van der Waals surface area contributed by atoms with Gasteiger partial charge in [0.05, 0.1) is 0 Å². The van der Waals surface area contributed by atoms with Crippen molar-refractivity contribution in [2.75, 3.05) is 13.7 Å². The predicted molar refractivity (Wildman–Crippen MR) is 40.8 cm³/mol. The summed E-state index contributed by atoms with van der Waals surface area (Å²) in [6, 6.07) is 0. The van der Waals surface area contributed by atoms with E-state index in [0.717, 1.165) is 24.4 Å². The van der Waals surface area contributed by atoms with Crippen molar-refractivity contribution in [1.29, 1.82) is 0 Å². The van der Waals surface area contributed by atoms with Crippen LogP contribution in [0.4, 0.5) is 0 Å². The van der Waals surface area contributed by atoms with Crippen LogP contribution in [0.5, 0.6) is 0 Å². The van der Waals surface area contributed by atoms with E-state index in [-0.39, 0.29) is 0 Å². The lowest BCUT2D eigenvalue weighted by molar-refractivity contribution is 0.122. The van der Waals surface area contributed by atoms with Gasteiger partial charge >= 0.3 is 0 Å². The average molecular weight is 140 g/mol. The maximum atomic E-state index is 5.18. The number of hydrogen-bond acceptors (Lipinski definition) is 1. The van der Waals surface area contributed by atoms with Crippen LogP contribution in [0.2, 0.25) is 0 Å². The molecule has 0 heterocycles. The van der Waals surface area contributed by atoms with Crippen molar-refractivity contribution in [3.63, 3.8) is 0 Å². The van der Waals surface area contributed by atoms with Gasteiger partial charge in [0.25, 0.3) is 0 Å². The Bertz CT molecular complexity index is 122. The van der Waals surface area contributed by atoms with Crippen molar-refractivity contribution in [2.24, 2.45) is 17.8 Å². The number of rotatable bonds is 2. The van der Waals surface area contributed by atoms with Crippen LogP contribution in [0, 0.1) is 17.8 Å². The maximum absolute atomic E-state index is 5.18. The van der Waals surface area contributed by atoms with Gasteiger partial charge in [0.15, 0.2) is 0 Å². The molecular weight excluding hydrogens is 124 g/mol. The molecule has 1 nitrogen and oxygen atoms in total. The van der Waals surface area contributed by atoms with E-state index in [0.29, 0.717) is 0 Å². The minimum Gasteiger partial charge on any atom is -0.384 e. The third kappa shape index (κ3) is 0.968. The van der Waals surface area contributed by atoms with E-state index in [2.05, 4.69) is 0 Å². The second kappa shape index (κ2) is 2.54. The standard InChI is InChI=1S/C9H16O/c1-10-6-9-5-7-2-3-8(9)4-7/h7-9H,2-6H2,1H3/t7?,8?,9-/m1/s1. The van der Waals surface area contributed by atoms with E-state index >= 15 is 0 Å². The second-order valence-corrected chi connectivity index (χ2v) is 3.89. The molecule has 0 amide bonds. The molecule has 1 heteroatoms. The van der Waals surface area contributed by atoms with Crippen molar-refractivity contribution in [1.82, 2.24) is 0 Å². The van der Waals surface area contributed by atoms with Crippen molar-refractivity contribution in [3.05, 3.63) is 0 Å². The van der Waals surface area contributed by atoms with Gasteiger partial charge < -0.3 is 4.74 Å². The van der Waals surface area contributed by atoms with Crippen LogP contribution in [0.3, 0.4) is 0 Å². The highest BCUT2D eigenvalue weighted by atomic mass is 16.5. The molecule has 3 atom stereocenters. The van der Waals surface area contributed by atoms with Gasteiger partial charge in [-0.3, -0.25) is 0 Å². The van der Waals surface area contributed by atoms with Gasteiger partial charge in [-0.25, -0.2) is 0 Å². The number of hydrogen-bond donors (Lipinski definition) is 0. The molecule has 0 aliphatic heterocycles. The lowest BCUT2D eigenvalue weighted by atomic mass is 9.90. The first-order chi connectivity index (χ1) is 4.90. The Labute approximate surface area is 62.8 Å². The van der Waals surface area contributed by atoms with Crippen molar-refractivity contribution < 1.29 is 4.74 Å². The molecule has 2 rings (SSSR count). The molecule has 0 saturated heterocycles. The van der Waals surface area contributed by atoms with Crippen LogP contribution in [0.25, 0.3) is 0 Å². The summed E-state index contributed by atoms with van der Waals surface area (Å²) < 4.78 is 5.18. The summed E-state index contributed by atoms with van der Waals surface area (Å²) in [6.45, 7) is 1.02. The molecule has 10 heavy (non-hydrogen) atoms. The second-order valence-electron chi connectivity index (χ2n) is 3.89. The van der Waals surface area contributed by atoms with E-state index in [9.17, 15) is 0 Å². The fraction of sp³-hybridized carbons (Fsp3) is 1.00. The summed E-state index contributed by atoms with van der Waals surface area (Å²) in [7, 11) is 1.83. The van der Waals surface area contributed by atoms with Gasteiger partial charge in [0, 0.05) is 13.7 Å². The molecule has 0 N–H and O–H groups in total. The molecule has 0 radical (unpaired) electrons. The third-order valence-electron chi connectivity index (χ3n) is 3.27. The summed E-state index contributed by atoms with van der Waals surface area (Å²) in [5, 5.41) is 0. The Morgan fingerprint density at radius 1 is 1.30 bits per heavy atom. The zero-order valence-electron chi connectivity index (χ0n) is 6.68. The molecule has 2 unspecified atom stereocenters. The summed E-state index contributed by atoms with van der Waals surface area (Å²) in [4.78, 5) is 0. The van der Waals surface area contributed by atoms with E-state index in [1.54, 1.807) is 0 Å². The molecule has 0 aromatic rings. The smallest absolute Gasteiger partial charge is 0.0493 e. The van der Waals surface area contributed by atoms with Crippen LogP contribution in [0.1, 0.15) is 25.7 Å². The topological polar surface area (TPSA) is 9.23 Å². The van der Waals surface area contributed by atoms with Gasteiger partial charge in [-0.05, 0) is 37.0 Å². The van der Waals surface area contributed by atoms with Crippen LogP contribution in [-0.4, -0.2) is 13.7 Å². The SMILES string of the molecule is COC[C@H]1CC2CCC1C2. The fourth-order valence-electron chi connectivity index (χ4n) is 2.79. The van der Waals surface area contributed by atoms with Gasteiger partial charge in [-0.2, -0.15) is 0 Å². The Hall–Kier alpha value is -0.0400. The monoisotopic (exact) mass is 140 g/mol. The highest BCUT2D eigenvalue weighted by molar-refractivity contribution is 4.89. The van der Waals surface area contributed by atoms with Crippen LogP contribution < -0.4 is 0 Å². The van der Waals surface area contributed by atoms with Crippen LogP contribution >= 0.6 is 0 Å². The molecule has 0 aromatic heterocycles. The molecule has 2 aliphatic rings. The Balaban J connectivity index is 1.90. The van der Waals surface area contributed by atoms with Crippen molar-refractivity contribution in [3.8, 4) is 0 Å². The van der Waals surface area contributed by atoms with E-state index in [1.807, 2.05) is 7.11 Å². The molecule has 58 valence electrons. The fourth-order valence-corrected chi connectivity index (χ4v) is 2.79. The van der Waals surface area contributed by atoms with Gasteiger partial charge in [-0.1, -0.05) is 6.42 Å². The number of ether oxygens (including phenoxy) is 1. The van der Waals surface area contributed by atoms with E-state index < -0.39 is 0 Å². The Kier molecular flexibility index (Phi) is 1.69. The molecule has 0 aromatic carbocycles. The first kappa shape index (κ1) is 6.66. The molecule has 0 spiro atoms. The molecule has 2 saturated carbocycles. The average Bonchev–Trinajstić information content (AvgIpc) is 2.48. The van der Waals surface area contributed by atoms with Crippen molar-refractivity contribution >= 4 is 0 Å². The van der Waals surface area contributed by atoms with Gasteiger partial charge in [0.1, 0.15) is 0 Å². The minimum absolute atomic E-state index is 0.920. The predicted octanol–water partition coefficient (Wildman–Crippen LogP) is 2.07. The van der Waals surface area contributed by atoms with Gasteiger partial charge in [0.2, 0.25) is 0 Å². The first-order valence-electron chi connectivity index (χ1n) is 4.39.